The first kappa shape index (κ1) is 17.5. The van der Waals surface area contributed by atoms with Crippen molar-refractivity contribution < 1.29 is 19.1 Å². The molecule has 7 nitrogen and oxygen atoms in total. The molecule has 2 saturated heterocycles. The summed E-state index contributed by atoms with van der Waals surface area (Å²) in [4.78, 5) is 24.1. The maximum absolute atomic E-state index is 12.4. The summed E-state index contributed by atoms with van der Waals surface area (Å²) in [7, 11) is 2.99. The van der Waals surface area contributed by atoms with Crippen molar-refractivity contribution in [2.45, 2.75) is 18.1 Å². The maximum Gasteiger partial charge on any atom is 0.337 e. The topological polar surface area (TPSA) is 88.7 Å². The van der Waals surface area contributed by atoms with E-state index in [1.165, 1.54) is 7.11 Å². The van der Waals surface area contributed by atoms with E-state index in [1.807, 2.05) is 36.4 Å². The highest BCUT2D eigenvalue weighted by Gasteiger charge is 2.51. The summed E-state index contributed by atoms with van der Waals surface area (Å²) in [5, 5.41) is 3.07. The molecule has 2 aromatic carbocycles. The molecule has 0 bridgehead atoms. The van der Waals surface area contributed by atoms with E-state index in [-0.39, 0.29) is 35.9 Å². The lowest BCUT2D eigenvalue weighted by Crippen LogP contribution is -2.39. The van der Waals surface area contributed by atoms with Crippen molar-refractivity contribution in [2.24, 2.45) is 5.92 Å². The SMILES string of the molecule is COC(=O)c1ccc(C2NC(=O)C3NNC(c4cccc(OC)c4)C32)cc1. The average molecular weight is 367 g/mol. The fourth-order valence-electron chi connectivity index (χ4n) is 3.92. The van der Waals surface area contributed by atoms with E-state index >= 15 is 0 Å². The third kappa shape index (κ3) is 3.05. The Balaban J connectivity index is 1.65. The molecule has 0 radical (unpaired) electrons. The molecule has 2 aromatic rings. The molecule has 4 atom stereocenters. The third-order valence-corrected chi connectivity index (χ3v) is 5.27. The van der Waals surface area contributed by atoms with Crippen LogP contribution in [0, 0.1) is 5.92 Å². The summed E-state index contributed by atoms with van der Waals surface area (Å²) in [5.41, 5.74) is 8.84. The van der Waals surface area contributed by atoms with Crippen LogP contribution in [0.3, 0.4) is 0 Å². The standard InChI is InChI=1S/C20H21N3O4/c1-26-14-5-3-4-13(10-14)17-15-16(21-19(24)18(15)23-22-17)11-6-8-12(9-7-11)20(25)27-2/h3-10,15-18,22-23H,1-2H3,(H,21,24). The van der Waals surface area contributed by atoms with Gasteiger partial charge in [-0.15, -0.1) is 0 Å². The molecule has 0 aromatic heterocycles. The minimum atomic E-state index is -0.381. The summed E-state index contributed by atoms with van der Waals surface area (Å²) in [6, 6.07) is 14.4. The summed E-state index contributed by atoms with van der Waals surface area (Å²) >= 11 is 0. The number of carbonyl (C=O) groups excluding carboxylic acids is 2. The number of hydrogen-bond acceptors (Lipinski definition) is 6. The first-order valence-corrected chi connectivity index (χ1v) is 8.76. The minimum absolute atomic E-state index is 0.0198. The van der Waals surface area contributed by atoms with Gasteiger partial charge in [-0.05, 0) is 35.4 Å². The van der Waals surface area contributed by atoms with Crippen molar-refractivity contribution in [3.63, 3.8) is 0 Å². The number of benzene rings is 2. The van der Waals surface area contributed by atoms with Crippen LogP contribution in [0.25, 0.3) is 0 Å². The van der Waals surface area contributed by atoms with Gasteiger partial charge in [-0.3, -0.25) is 4.79 Å². The number of methoxy groups -OCH3 is 2. The Morgan fingerprint density at radius 3 is 2.37 bits per heavy atom. The Bertz CT molecular complexity index is 868. The van der Waals surface area contributed by atoms with Crippen molar-refractivity contribution in [3.05, 3.63) is 65.2 Å². The molecule has 27 heavy (non-hydrogen) atoms. The van der Waals surface area contributed by atoms with Crippen molar-refractivity contribution in [3.8, 4) is 5.75 Å². The highest BCUT2D eigenvalue weighted by atomic mass is 16.5. The van der Waals surface area contributed by atoms with E-state index in [0.29, 0.717) is 5.56 Å². The predicted octanol–water partition coefficient (Wildman–Crippen LogP) is 1.49. The number of fused-ring (bicyclic) bond motifs is 1. The van der Waals surface area contributed by atoms with Crippen LogP contribution in [0.1, 0.15) is 33.6 Å². The van der Waals surface area contributed by atoms with Crippen molar-refractivity contribution in [2.75, 3.05) is 14.2 Å². The van der Waals surface area contributed by atoms with Gasteiger partial charge in [0.2, 0.25) is 5.91 Å². The molecule has 140 valence electrons. The second-order valence-electron chi connectivity index (χ2n) is 6.70. The van der Waals surface area contributed by atoms with Gasteiger partial charge < -0.3 is 14.8 Å². The molecule has 0 saturated carbocycles. The van der Waals surface area contributed by atoms with Crippen LogP contribution in [-0.4, -0.2) is 32.1 Å². The van der Waals surface area contributed by atoms with Gasteiger partial charge in [-0.2, -0.15) is 0 Å². The minimum Gasteiger partial charge on any atom is -0.497 e. The first-order valence-electron chi connectivity index (χ1n) is 8.76. The van der Waals surface area contributed by atoms with Crippen LogP contribution >= 0.6 is 0 Å². The molecule has 2 aliphatic rings. The molecular formula is C20H21N3O4. The zero-order chi connectivity index (χ0) is 19.0. The van der Waals surface area contributed by atoms with Gasteiger partial charge in [0.1, 0.15) is 11.8 Å². The highest BCUT2D eigenvalue weighted by molar-refractivity contribution is 5.89. The van der Waals surface area contributed by atoms with Gasteiger partial charge in [0.25, 0.3) is 0 Å². The fraction of sp³-hybridized carbons (Fsp3) is 0.300. The number of hydrogen-bond donors (Lipinski definition) is 3. The average Bonchev–Trinajstić information content (AvgIpc) is 3.29. The molecule has 4 rings (SSSR count). The van der Waals surface area contributed by atoms with E-state index < -0.39 is 0 Å². The lowest BCUT2D eigenvalue weighted by atomic mass is 9.83. The molecule has 1 amide bonds. The molecule has 4 unspecified atom stereocenters. The Morgan fingerprint density at radius 2 is 1.67 bits per heavy atom. The number of nitrogens with one attached hydrogen (secondary N) is 3. The van der Waals surface area contributed by atoms with Gasteiger partial charge in [-0.1, -0.05) is 24.3 Å². The maximum atomic E-state index is 12.4. The van der Waals surface area contributed by atoms with Gasteiger partial charge in [0.05, 0.1) is 31.9 Å². The van der Waals surface area contributed by atoms with Crippen LogP contribution < -0.4 is 20.9 Å². The van der Waals surface area contributed by atoms with Crippen LogP contribution in [-0.2, 0) is 9.53 Å². The number of esters is 1. The van der Waals surface area contributed by atoms with E-state index in [9.17, 15) is 9.59 Å². The van der Waals surface area contributed by atoms with Crippen molar-refractivity contribution in [1.29, 1.82) is 0 Å². The number of rotatable bonds is 4. The summed E-state index contributed by atoms with van der Waals surface area (Å²) in [6.45, 7) is 0. The van der Waals surface area contributed by atoms with Crippen LogP contribution in [0.4, 0.5) is 0 Å². The first-order chi connectivity index (χ1) is 13.1. The highest BCUT2D eigenvalue weighted by Crippen LogP contribution is 2.42. The second kappa shape index (κ2) is 7.02. The van der Waals surface area contributed by atoms with E-state index in [0.717, 1.165) is 16.9 Å². The van der Waals surface area contributed by atoms with Crippen LogP contribution in [0.2, 0.25) is 0 Å². The Kier molecular flexibility index (Phi) is 4.55. The van der Waals surface area contributed by atoms with Crippen LogP contribution in [0.5, 0.6) is 5.75 Å². The lowest BCUT2D eigenvalue weighted by molar-refractivity contribution is -0.121. The van der Waals surface area contributed by atoms with Crippen LogP contribution in [0.15, 0.2) is 48.5 Å². The third-order valence-electron chi connectivity index (χ3n) is 5.27. The summed E-state index contributed by atoms with van der Waals surface area (Å²) < 4.78 is 10.1. The van der Waals surface area contributed by atoms with E-state index in [2.05, 4.69) is 16.2 Å². The normalized spacial score (nSPS) is 26.4. The number of carbonyl (C=O) groups is 2. The van der Waals surface area contributed by atoms with Crippen molar-refractivity contribution >= 4 is 11.9 Å². The van der Waals surface area contributed by atoms with Gasteiger partial charge in [0.15, 0.2) is 0 Å². The van der Waals surface area contributed by atoms with Gasteiger partial charge >= 0.3 is 5.97 Å². The molecule has 7 heteroatoms. The molecule has 2 fully saturated rings. The van der Waals surface area contributed by atoms with Gasteiger partial charge in [0, 0.05) is 5.92 Å². The monoisotopic (exact) mass is 367 g/mol. The zero-order valence-corrected chi connectivity index (χ0v) is 15.1. The lowest BCUT2D eigenvalue weighted by Gasteiger charge is -2.24. The fourth-order valence-corrected chi connectivity index (χ4v) is 3.92. The summed E-state index contributed by atoms with van der Waals surface area (Å²) in [6.07, 6.45) is 0. The predicted molar refractivity (Wildman–Crippen MR) is 97.9 cm³/mol. The molecule has 2 aliphatic heterocycles. The Morgan fingerprint density at radius 1 is 0.926 bits per heavy atom. The molecule has 0 aliphatic carbocycles. The largest absolute Gasteiger partial charge is 0.497 e. The summed E-state index contributed by atoms with van der Waals surface area (Å²) in [5.74, 6) is 0.330. The van der Waals surface area contributed by atoms with E-state index in [4.69, 9.17) is 9.47 Å². The van der Waals surface area contributed by atoms with Gasteiger partial charge in [-0.25, -0.2) is 15.6 Å². The van der Waals surface area contributed by atoms with Crippen molar-refractivity contribution in [1.82, 2.24) is 16.2 Å². The Hall–Kier alpha value is -2.90. The number of amides is 1. The Labute approximate surface area is 157 Å². The molecule has 3 N–H and O–H groups in total. The quantitative estimate of drug-likeness (QED) is 0.710. The number of hydrazine groups is 1. The molecule has 2 heterocycles. The molecular weight excluding hydrogens is 346 g/mol. The second-order valence-corrected chi connectivity index (χ2v) is 6.70. The smallest absolute Gasteiger partial charge is 0.337 e. The number of ether oxygens (including phenoxy) is 2. The van der Waals surface area contributed by atoms with E-state index in [1.54, 1.807) is 19.2 Å². The molecule has 0 spiro atoms. The zero-order valence-electron chi connectivity index (χ0n) is 15.1.